The maximum atomic E-state index is 13.7. The van der Waals surface area contributed by atoms with Gasteiger partial charge in [-0.1, -0.05) is 420 Å². The van der Waals surface area contributed by atoms with Crippen LogP contribution in [-0.4, -0.2) is 75.0 Å². The van der Waals surface area contributed by atoms with E-state index in [1.54, 1.807) is 0 Å². The number of esters is 5. The highest BCUT2D eigenvalue weighted by atomic mass is 16.6. The minimum absolute atomic E-state index is 0.0857. The summed E-state index contributed by atoms with van der Waals surface area (Å²) in [5, 5.41) is 0. The number of ether oxygens (including phenoxy) is 9. The average Bonchev–Trinajstić information content (AvgIpc) is 0.770. The van der Waals surface area contributed by atoms with Gasteiger partial charge in [-0.2, -0.15) is 0 Å². The predicted molar refractivity (Wildman–Crippen MR) is 554 cm³/mol. The average molecular weight is 1880 g/mol. The predicted octanol–water partition coefficient (Wildman–Crippen LogP) is 32.8. The molecule has 0 N–H and O–H groups in total. The van der Waals surface area contributed by atoms with Gasteiger partial charge in [-0.05, 0) is 155 Å². The van der Waals surface area contributed by atoms with Crippen LogP contribution in [0.3, 0.4) is 0 Å². The molecule has 16 heteroatoms. The van der Waals surface area contributed by atoms with Gasteiger partial charge >= 0.3 is 29.8 Å². The molecule has 5 rings (SSSR count). The molecule has 0 heterocycles. The molecule has 0 amide bonds. The van der Waals surface area contributed by atoms with E-state index in [0.717, 1.165) is 147 Å². The first-order chi connectivity index (χ1) is 66.1. The number of unbranched alkanes of at least 4 members (excludes halogenated alkanes) is 60. The molecular weight excluding hydrogens is 1690 g/mol. The number of hydrogen-bond acceptors (Lipinski definition) is 16. The molecule has 0 atom stereocenters. The van der Waals surface area contributed by atoms with Crippen molar-refractivity contribution in [1.82, 2.24) is 0 Å². The van der Waals surface area contributed by atoms with Crippen molar-refractivity contribution < 1.29 is 76.2 Å². The topological polar surface area (TPSA) is 203 Å². The molecule has 762 valence electrons. The van der Waals surface area contributed by atoms with Gasteiger partial charge in [-0.25, -0.2) is 4.79 Å². The van der Waals surface area contributed by atoms with E-state index < -0.39 is 36.3 Å². The van der Waals surface area contributed by atoms with Gasteiger partial charge in [-0.3, -0.25) is 28.8 Å². The van der Waals surface area contributed by atoms with E-state index in [4.69, 9.17) is 42.6 Å². The first-order valence-electron chi connectivity index (χ1n) is 55.5. The van der Waals surface area contributed by atoms with Gasteiger partial charge in [0.25, 0.3) is 0 Å². The molecule has 0 fully saturated rings. The first-order valence-corrected chi connectivity index (χ1v) is 55.5. The lowest BCUT2D eigenvalue weighted by Gasteiger charge is -2.25. The van der Waals surface area contributed by atoms with Gasteiger partial charge in [0.05, 0.1) is 33.5 Å². The molecule has 1 aliphatic rings. The lowest BCUT2D eigenvalue weighted by atomic mass is 9.88. The Bertz CT molecular complexity index is 3830. The Morgan fingerprint density at radius 3 is 0.563 bits per heavy atom. The normalized spacial score (nSPS) is 11.8. The number of carbonyl (C=O) groups is 7. The number of ketones is 2. The second-order valence-corrected chi connectivity index (χ2v) is 39.6. The number of hydrogen-bond donors (Lipinski definition) is 0. The fourth-order valence-corrected chi connectivity index (χ4v) is 19.0. The SMILES string of the molecule is C=CC(=O)OCc1cc2c(OCCCCCCCCCCCCCCCCCC)c(c1)Cc1cc(COC(=O)CC(=O)OC)cc(c1OCCCCCCCCCCCCCCCCCC)Cc1cc(COC(=O)CC(C)=O)cc(c1OCCCCCCCCCCCCCCCCCC)Cc1cc(COC(=O)CC(C)=O)cc(c1OCCCCCCCCCCCCCCCCCC)C2. The number of rotatable bonds is 87. The van der Waals surface area contributed by atoms with Gasteiger partial charge < -0.3 is 42.6 Å². The number of fused-ring (bicyclic) bond motifs is 8. The Balaban J connectivity index is 1.72. The van der Waals surface area contributed by atoms with Crippen LogP contribution in [0.5, 0.6) is 23.0 Å². The minimum atomic E-state index is -0.741. The third kappa shape index (κ3) is 57.6. The summed E-state index contributed by atoms with van der Waals surface area (Å²) in [6, 6.07) is 16.4. The summed E-state index contributed by atoms with van der Waals surface area (Å²) >= 11 is 0. The van der Waals surface area contributed by atoms with Crippen LogP contribution in [0.25, 0.3) is 0 Å². The maximum Gasteiger partial charge on any atom is 0.330 e. The molecule has 1 aliphatic carbocycles. The van der Waals surface area contributed by atoms with Crippen molar-refractivity contribution in [2.45, 2.75) is 524 Å². The zero-order valence-electron chi connectivity index (χ0n) is 86.8. The van der Waals surface area contributed by atoms with Gasteiger partial charge in [0.15, 0.2) is 0 Å². The summed E-state index contributed by atoms with van der Waals surface area (Å²) < 4.78 is 58.6. The van der Waals surface area contributed by atoms with Crippen molar-refractivity contribution in [2.24, 2.45) is 0 Å². The number of benzene rings is 4. The van der Waals surface area contributed by atoms with Crippen molar-refractivity contribution in [2.75, 3.05) is 33.5 Å². The summed E-state index contributed by atoms with van der Waals surface area (Å²) in [6.45, 7) is 16.7. The number of methoxy groups -OCH3 is 1. The Labute approximate surface area is 821 Å². The quantitative estimate of drug-likeness (QED) is 0.0117. The van der Waals surface area contributed by atoms with Crippen molar-refractivity contribution >= 4 is 41.4 Å². The zero-order chi connectivity index (χ0) is 96.9. The minimum Gasteiger partial charge on any atom is -0.493 e. The number of Topliss-reactive ketones (excluding diaryl/α,β-unsaturated/α-hetero) is 2. The van der Waals surface area contributed by atoms with E-state index >= 15 is 0 Å². The van der Waals surface area contributed by atoms with Gasteiger partial charge in [0, 0.05) is 31.8 Å². The van der Waals surface area contributed by atoms with Crippen molar-refractivity contribution in [3.63, 3.8) is 0 Å². The number of carbonyl (C=O) groups excluding carboxylic acids is 7. The Kier molecular flexibility index (Phi) is 69.3. The molecule has 8 bridgehead atoms. The van der Waals surface area contributed by atoms with Crippen LogP contribution in [0.1, 0.15) is 538 Å². The molecule has 135 heavy (non-hydrogen) atoms. The fraction of sp³-hybridized carbons (Fsp3) is 0.723. The summed E-state index contributed by atoms with van der Waals surface area (Å²) in [5.74, 6) is -1.34. The van der Waals surface area contributed by atoms with E-state index in [2.05, 4.69) is 46.4 Å². The molecule has 0 unspecified atom stereocenters. The fourth-order valence-electron chi connectivity index (χ4n) is 19.0. The molecule has 0 radical (unpaired) electrons. The van der Waals surface area contributed by atoms with Crippen LogP contribution in [-0.2, 0) is 109 Å². The largest absolute Gasteiger partial charge is 0.493 e. The Morgan fingerprint density at radius 2 is 0.400 bits per heavy atom. The van der Waals surface area contributed by atoms with Gasteiger partial charge in [0.1, 0.15) is 80.3 Å². The summed E-state index contributed by atoms with van der Waals surface area (Å²) in [6.07, 6.45) is 79.7. The van der Waals surface area contributed by atoms with Gasteiger partial charge in [0.2, 0.25) is 0 Å². The van der Waals surface area contributed by atoms with Crippen LogP contribution < -0.4 is 18.9 Å². The molecule has 16 nitrogen and oxygen atoms in total. The highest BCUT2D eigenvalue weighted by Gasteiger charge is 2.27. The van der Waals surface area contributed by atoms with Crippen LogP contribution >= 0.6 is 0 Å². The third-order valence-corrected chi connectivity index (χ3v) is 26.8. The highest BCUT2D eigenvalue weighted by Crippen LogP contribution is 2.43. The zero-order valence-corrected chi connectivity index (χ0v) is 86.8. The third-order valence-electron chi connectivity index (χ3n) is 26.8. The van der Waals surface area contributed by atoms with E-state index in [9.17, 15) is 33.6 Å². The summed E-state index contributed by atoms with van der Waals surface area (Å²) in [4.78, 5) is 92.1. The molecule has 0 saturated heterocycles. The lowest BCUT2D eigenvalue weighted by molar-refractivity contribution is -0.154. The monoisotopic (exact) mass is 1880 g/mol. The molecule has 0 saturated carbocycles. The highest BCUT2D eigenvalue weighted by molar-refractivity contribution is 5.94. The first kappa shape index (κ1) is 118. The summed E-state index contributed by atoms with van der Waals surface area (Å²) in [5.41, 5.74) is 8.94. The van der Waals surface area contributed by atoms with E-state index in [-0.39, 0.29) is 76.5 Å². The molecule has 0 spiro atoms. The van der Waals surface area contributed by atoms with Crippen molar-refractivity contribution in [3.05, 3.63) is 128 Å². The van der Waals surface area contributed by atoms with Crippen LogP contribution in [0, 0.1) is 0 Å². The molecular formula is C119H190O16. The second-order valence-electron chi connectivity index (χ2n) is 39.6. The Hall–Kier alpha value is -7.49. The lowest BCUT2D eigenvalue weighted by Crippen LogP contribution is -2.14. The van der Waals surface area contributed by atoms with E-state index in [1.807, 2.05) is 36.4 Å². The molecule has 0 aliphatic heterocycles. The smallest absolute Gasteiger partial charge is 0.330 e. The van der Waals surface area contributed by atoms with Crippen molar-refractivity contribution in [1.29, 1.82) is 0 Å². The maximum absolute atomic E-state index is 13.7. The second kappa shape index (κ2) is 79.3. The van der Waals surface area contributed by atoms with Crippen LogP contribution in [0.15, 0.2) is 61.2 Å². The molecule has 0 aromatic heterocycles. The van der Waals surface area contributed by atoms with E-state index in [1.165, 1.54) is 335 Å². The van der Waals surface area contributed by atoms with E-state index in [0.29, 0.717) is 71.7 Å². The Morgan fingerprint density at radius 1 is 0.237 bits per heavy atom. The van der Waals surface area contributed by atoms with Gasteiger partial charge in [-0.15, -0.1) is 0 Å². The van der Waals surface area contributed by atoms with Crippen molar-refractivity contribution in [3.8, 4) is 23.0 Å². The summed E-state index contributed by atoms with van der Waals surface area (Å²) in [7, 11) is 1.25. The van der Waals surface area contributed by atoms with Crippen LogP contribution in [0.2, 0.25) is 0 Å². The molecule has 4 aromatic carbocycles. The molecule has 4 aromatic rings. The standard InChI is InChI=1S/C119H190O16/c1-9-14-18-22-26-30-34-38-42-46-50-54-58-62-66-70-74-128-116-103-80-99(93-132-111(122)13-5)81-104(116)89-109-86-102(96-135-115(126)92-112(123)127-8)87-110(119(109)131-77-73-69-65-61-57-53-49-45-41-37-33-29-25-21-17-12-4)91-108-85-101(95-134-114(125)79-98(7)121)84-107(118(108)130-76-72-68-64-60-56-52-48-44-40-36-32-28-24-20-16-11-3)90-106-83-100(94-133-113(124)78-97(6)120)82-105(88-103)117(106)129-75-71-67-63-59-55-51-47-43-39-35-31-27-23-19-15-10-2/h13,80-87H,5,9-12,14-79,88-96H2,1-4,6-8H3. The van der Waals surface area contributed by atoms with Crippen LogP contribution in [0.4, 0.5) is 0 Å².